The smallest absolute Gasteiger partial charge is 0.257 e. The van der Waals surface area contributed by atoms with Crippen LogP contribution in [0.15, 0.2) is 41.0 Å². The second-order valence-corrected chi connectivity index (χ2v) is 5.55. The lowest BCUT2D eigenvalue weighted by Gasteiger charge is -2.32. The summed E-state index contributed by atoms with van der Waals surface area (Å²) in [6, 6.07) is 9.13. The van der Waals surface area contributed by atoms with E-state index in [0.717, 1.165) is 25.9 Å². The zero-order valence-electron chi connectivity index (χ0n) is 12.1. The molecule has 3 rings (SSSR count). The van der Waals surface area contributed by atoms with Gasteiger partial charge in [0.1, 0.15) is 11.5 Å². The van der Waals surface area contributed by atoms with Gasteiger partial charge in [-0.15, -0.1) is 0 Å². The molecule has 1 aromatic heterocycles. The summed E-state index contributed by atoms with van der Waals surface area (Å²) in [5.41, 5.74) is 1.90. The van der Waals surface area contributed by atoms with Crippen LogP contribution in [0.2, 0.25) is 0 Å². The molecular formula is C17H19NO3. The lowest BCUT2D eigenvalue weighted by atomic mass is 9.89. The molecule has 1 saturated heterocycles. The number of furan rings is 1. The second kappa shape index (κ2) is 5.64. The summed E-state index contributed by atoms with van der Waals surface area (Å²) < 4.78 is 5.21. The molecule has 1 N–H and O–H groups in total. The van der Waals surface area contributed by atoms with E-state index in [-0.39, 0.29) is 5.91 Å². The average molecular weight is 285 g/mol. The fourth-order valence-corrected chi connectivity index (χ4v) is 2.94. The third-order valence-corrected chi connectivity index (χ3v) is 4.24. The van der Waals surface area contributed by atoms with Gasteiger partial charge in [0.05, 0.1) is 11.8 Å². The molecular weight excluding hydrogens is 266 g/mol. The maximum absolute atomic E-state index is 12.4. The molecule has 110 valence electrons. The van der Waals surface area contributed by atoms with Crippen molar-refractivity contribution in [3.63, 3.8) is 0 Å². The Bertz CT molecular complexity index is 622. The molecule has 1 amide bonds. The Morgan fingerprint density at radius 2 is 1.86 bits per heavy atom. The van der Waals surface area contributed by atoms with Gasteiger partial charge in [-0.05, 0) is 49.4 Å². The van der Waals surface area contributed by atoms with Crippen molar-refractivity contribution in [3.05, 3.63) is 53.5 Å². The van der Waals surface area contributed by atoms with E-state index in [0.29, 0.717) is 23.0 Å². The number of carbonyl (C=O) groups excluding carboxylic acids is 1. The zero-order chi connectivity index (χ0) is 14.8. The highest BCUT2D eigenvalue weighted by Gasteiger charge is 2.25. The van der Waals surface area contributed by atoms with Gasteiger partial charge in [-0.3, -0.25) is 4.79 Å². The van der Waals surface area contributed by atoms with Crippen LogP contribution in [-0.4, -0.2) is 29.0 Å². The molecule has 4 nitrogen and oxygen atoms in total. The molecule has 1 fully saturated rings. The van der Waals surface area contributed by atoms with E-state index in [2.05, 4.69) is 0 Å². The molecule has 2 heterocycles. The lowest BCUT2D eigenvalue weighted by Crippen LogP contribution is -2.38. The van der Waals surface area contributed by atoms with Crippen molar-refractivity contribution in [2.75, 3.05) is 13.1 Å². The van der Waals surface area contributed by atoms with Gasteiger partial charge >= 0.3 is 0 Å². The van der Waals surface area contributed by atoms with Gasteiger partial charge in [0.25, 0.3) is 5.91 Å². The first-order valence-corrected chi connectivity index (χ1v) is 7.27. The first-order chi connectivity index (χ1) is 10.1. The topological polar surface area (TPSA) is 53.7 Å². The molecule has 21 heavy (non-hydrogen) atoms. The van der Waals surface area contributed by atoms with Crippen molar-refractivity contribution in [3.8, 4) is 5.75 Å². The quantitative estimate of drug-likeness (QED) is 0.921. The SMILES string of the molecule is Cc1occc1C(=O)N1CCC(c2ccc(O)cc2)CC1. The third kappa shape index (κ3) is 2.79. The van der Waals surface area contributed by atoms with Gasteiger partial charge in [-0.2, -0.15) is 0 Å². The van der Waals surface area contributed by atoms with Gasteiger partial charge < -0.3 is 14.4 Å². The number of hydrogen-bond acceptors (Lipinski definition) is 3. The zero-order valence-corrected chi connectivity index (χ0v) is 12.1. The Morgan fingerprint density at radius 3 is 2.43 bits per heavy atom. The van der Waals surface area contributed by atoms with Crippen LogP contribution in [0.5, 0.6) is 5.75 Å². The van der Waals surface area contributed by atoms with Crippen molar-refractivity contribution >= 4 is 5.91 Å². The molecule has 1 aromatic carbocycles. The number of aryl methyl sites for hydroxylation is 1. The number of nitrogens with zero attached hydrogens (tertiary/aromatic N) is 1. The Labute approximate surface area is 124 Å². The van der Waals surface area contributed by atoms with Crippen molar-refractivity contribution < 1.29 is 14.3 Å². The molecule has 0 bridgehead atoms. The van der Waals surface area contributed by atoms with Crippen LogP contribution in [0.3, 0.4) is 0 Å². The van der Waals surface area contributed by atoms with E-state index in [9.17, 15) is 9.90 Å². The highest BCUT2D eigenvalue weighted by molar-refractivity contribution is 5.95. The molecule has 0 unspecified atom stereocenters. The first kappa shape index (κ1) is 13.7. The molecule has 1 aliphatic rings. The number of phenolic OH excluding ortho intramolecular Hbond substituents is 1. The van der Waals surface area contributed by atoms with Gasteiger partial charge in [0, 0.05) is 13.1 Å². The van der Waals surface area contributed by atoms with E-state index >= 15 is 0 Å². The molecule has 0 radical (unpaired) electrons. The van der Waals surface area contributed by atoms with E-state index in [1.807, 2.05) is 24.0 Å². The lowest BCUT2D eigenvalue weighted by molar-refractivity contribution is 0.0711. The largest absolute Gasteiger partial charge is 0.508 e. The van der Waals surface area contributed by atoms with Gasteiger partial charge in [0.15, 0.2) is 0 Å². The second-order valence-electron chi connectivity index (χ2n) is 5.55. The Balaban J connectivity index is 1.64. The minimum absolute atomic E-state index is 0.0606. The third-order valence-electron chi connectivity index (χ3n) is 4.24. The summed E-state index contributed by atoms with van der Waals surface area (Å²) in [4.78, 5) is 14.3. The number of phenols is 1. The van der Waals surface area contributed by atoms with E-state index in [4.69, 9.17) is 4.42 Å². The Morgan fingerprint density at radius 1 is 1.19 bits per heavy atom. The minimum atomic E-state index is 0.0606. The number of likely N-dealkylation sites (tertiary alicyclic amines) is 1. The Hall–Kier alpha value is -2.23. The average Bonchev–Trinajstić information content (AvgIpc) is 2.94. The van der Waals surface area contributed by atoms with E-state index < -0.39 is 0 Å². The van der Waals surface area contributed by atoms with Crippen molar-refractivity contribution in [2.24, 2.45) is 0 Å². The maximum atomic E-state index is 12.4. The van der Waals surface area contributed by atoms with Gasteiger partial charge in [0.2, 0.25) is 0 Å². The van der Waals surface area contributed by atoms with Crippen LogP contribution < -0.4 is 0 Å². The molecule has 0 atom stereocenters. The fraction of sp³-hybridized carbons (Fsp3) is 0.353. The van der Waals surface area contributed by atoms with Crippen LogP contribution in [0.1, 0.15) is 40.4 Å². The van der Waals surface area contributed by atoms with Crippen LogP contribution in [0.4, 0.5) is 0 Å². The monoisotopic (exact) mass is 285 g/mol. The maximum Gasteiger partial charge on any atom is 0.257 e. The summed E-state index contributed by atoms with van der Waals surface area (Å²) in [5, 5.41) is 9.34. The summed E-state index contributed by atoms with van der Waals surface area (Å²) in [6.45, 7) is 3.33. The van der Waals surface area contributed by atoms with E-state index in [1.54, 1.807) is 24.5 Å². The number of benzene rings is 1. The summed E-state index contributed by atoms with van der Waals surface area (Å²) >= 11 is 0. The summed E-state index contributed by atoms with van der Waals surface area (Å²) in [6.07, 6.45) is 3.46. The number of piperidine rings is 1. The normalized spacial score (nSPS) is 16.1. The number of amides is 1. The first-order valence-electron chi connectivity index (χ1n) is 7.27. The molecule has 4 heteroatoms. The number of rotatable bonds is 2. The van der Waals surface area contributed by atoms with Crippen molar-refractivity contribution in [1.82, 2.24) is 4.90 Å². The minimum Gasteiger partial charge on any atom is -0.508 e. The number of aromatic hydroxyl groups is 1. The molecule has 0 saturated carbocycles. The van der Waals surface area contributed by atoms with Crippen molar-refractivity contribution in [1.29, 1.82) is 0 Å². The molecule has 0 spiro atoms. The van der Waals surface area contributed by atoms with Crippen LogP contribution >= 0.6 is 0 Å². The van der Waals surface area contributed by atoms with Gasteiger partial charge in [-0.25, -0.2) is 0 Å². The predicted molar refractivity (Wildman–Crippen MR) is 79.4 cm³/mol. The molecule has 1 aliphatic heterocycles. The highest BCUT2D eigenvalue weighted by Crippen LogP contribution is 2.29. The summed E-state index contributed by atoms with van der Waals surface area (Å²) in [5.74, 6) is 1.49. The predicted octanol–water partition coefficient (Wildman–Crippen LogP) is 3.31. The van der Waals surface area contributed by atoms with E-state index in [1.165, 1.54) is 5.56 Å². The fourth-order valence-electron chi connectivity index (χ4n) is 2.94. The van der Waals surface area contributed by atoms with Crippen LogP contribution in [0, 0.1) is 6.92 Å². The van der Waals surface area contributed by atoms with Gasteiger partial charge in [-0.1, -0.05) is 12.1 Å². The standard InChI is InChI=1S/C17H19NO3/c1-12-16(8-11-21-12)17(20)18-9-6-14(7-10-18)13-2-4-15(19)5-3-13/h2-5,8,11,14,19H,6-7,9-10H2,1H3. The molecule has 2 aromatic rings. The number of carbonyl (C=O) groups is 1. The van der Waals surface area contributed by atoms with Crippen LogP contribution in [-0.2, 0) is 0 Å². The highest BCUT2D eigenvalue weighted by atomic mass is 16.3. The molecule has 0 aliphatic carbocycles. The number of hydrogen-bond donors (Lipinski definition) is 1. The Kier molecular flexibility index (Phi) is 3.69. The summed E-state index contributed by atoms with van der Waals surface area (Å²) in [7, 11) is 0. The van der Waals surface area contributed by atoms with Crippen LogP contribution in [0.25, 0.3) is 0 Å². The van der Waals surface area contributed by atoms with Crippen molar-refractivity contribution in [2.45, 2.75) is 25.7 Å².